The second kappa shape index (κ2) is 5.60. The lowest BCUT2D eigenvalue weighted by molar-refractivity contribution is 0.477. The second-order valence-corrected chi connectivity index (χ2v) is 6.27. The highest BCUT2D eigenvalue weighted by atomic mass is 16.5. The molecule has 110 valence electrons. The fourth-order valence-corrected chi connectivity index (χ4v) is 2.06. The van der Waals surface area contributed by atoms with E-state index in [0.29, 0.717) is 5.56 Å². The van der Waals surface area contributed by atoms with E-state index in [4.69, 9.17) is 15.9 Å². The molecule has 0 spiro atoms. The molecule has 0 bridgehead atoms. The predicted octanol–water partition coefficient (Wildman–Crippen LogP) is 4.37. The van der Waals surface area contributed by atoms with Crippen LogP contribution < -0.4 is 10.5 Å². The molecule has 0 aromatic heterocycles. The summed E-state index contributed by atoms with van der Waals surface area (Å²) in [4.78, 5) is 0. The van der Waals surface area contributed by atoms with E-state index in [2.05, 4.69) is 39.8 Å². The SMILES string of the molecule is Cc1cc(C(C)(C)C)ccc1Oc1ccc(C(=N)N)cc1. The fourth-order valence-electron chi connectivity index (χ4n) is 2.06. The van der Waals surface area contributed by atoms with Crippen LogP contribution in [0.1, 0.15) is 37.5 Å². The lowest BCUT2D eigenvalue weighted by Crippen LogP contribution is -2.11. The molecule has 3 heteroatoms. The molecule has 3 N–H and O–H groups in total. The highest BCUT2D eigenvalue weighted by molar-refractivity contribution is 5.94. The Morgan fingerprint density at radius 3 is 2.14 bits per heavy atom. The molecule has 3 nitrogen and oxygen atoms in total. The number of rotatable bonds is 3. The first kappa shape index (κ1) is 15.1. The van der Waals surface area contributed by atoms with Crippen molar-refractivity contribution in [3.05, 3.63) is 59.2 Å². The van der Waals surface area contributed by atoms with Crippen molar-refractivity contribution in [2.75, 3.05) is 0 Å². The third kappa shape index (κ3) is 3.63. The van der Waals surface area contributed by atoms with Gasteiger partial charge in [0, 0.05) is 5.56 Å². The predicted molar refractivity (Wildman–Crippen MR) is 87.4 cm³/mol. The van der Waals surface area contributed by atoms with Crippen molar-refractivity contribution in [3.8, 4) is 11.5 Å². The standard InChI is InChI=1S/C18H22N2O/c1-12-11-14(18(2,3)4)7-10-16(12)21-15-8-5-13(6-9-15)17(19)20/h5-11H,1-4H3,(H3,19,20). The van der Waals surface area contributed by atoms with Crippen LogP contribution >= 0.6 is 0 Å². The van der Waals surface area contributed by atoms with Gasteiger partial charge in [-0.2, -0.15) is 0 Å². The summed E-state index contributed by atoms with van der Waals surface area (Å²) < 4.78 is 5.90. The molecule has 0 atom stereocenters. The quantitative estimate of drug-likeness (QED) is 0.648. The van der Waals surface area contributed by atoms with Crippen LogP contribution in [0, 0.1) is 12.3 Å². The maximum atomic E-state index is 7.38. The van der Waals surface area contributed by atoms with E-state index in [1.54, 1.807) is 12.1 Å². The Balaban J connectivity index is 2.22. The van der Waals surface area contributed by atoms with Gasteiger partial charge >= 0.3 is 0 Å². The minimum atomic E-state index is 0.0623. The van der Waals surface area contributed by atoms with Gasteiger partial charge in [-0.15, -0.1) is 0 Å². The maximum Gasteiger partial charge on any atom is 0.130 e. The third-order valence-corrected chi connectivity index (χ3v) is 3.43. The summed E-state index contributed by atoms with van der Waals surface area (Å²) in [6.07, 6.45) is 0. The van der Waals surface area contributed by atoms with Gasteiger partial charge in [0.05, 0.1) is 0 Å². The van der Waals surface area contributed by atoms with Crippen molar-refractivity contribution in [3.63, 3.8) is 0 Å². The van der Waals surface area contributed by atoms with Crippen molar-refractivity contribution in [2.45, 2.75) is 33.1 Å². The van der Waals surface area contributed by atoms with Crippen molar-refractivity contribution < 1.29 is 4.74 Å². The number of amidine groups is 1. The van der Waals surface area contributed by atoms with E-state index in [1.807, 2.05) is 18.2 Å². The van der Waals surface area contributed by atoms with Gasteiger partial charge in [-0.3, -0.25) is 5.41 Å². The summed E-state index contributed by atoms with van der Waals surface area (Å²) in [5.74, 6) is 1.65. The topological polar surface area (TPSA) is 59.1 Å². The van der Waals surface area contributed by atoms with Crippen LogP contribution in [0.5, 0.6) is 11.5 Å². The summed E-state index contributed by atoms with van der Waals surface area (Å²) >= 11 is 0. The van der Waals surface area contributed by atoms with Crippen molar-refractivity contribution in [1.29, 1.82) is 5.41 Å². The first-order valence-corrected chi connectivity index (χ1v) is 7.01. The molecule has 0 radical (unpaired) electrons. The van der Waals surface area contributed by atoms with Crippen LogP contribution in [0.25, 0.3) is 0 Å². The molecule has 2 rings (SSSR count). The van der Waals surface area contributed by atoms with Crippen LogP contribution in [0.15, 0.2) is 42.5 Å². The molecule has 21 heavy (non-hydrogen) atoms. The van der Waals surface area contributed by atoms with Gasteiger partial charge in [0.1, 0.15) is 17.3 Å². The zero-order valence-corrected chi connectivity index (χ0v) is 13.0. The van der Waals surface area contributed by atoms with Gasteiger partial charge in [0.25, 0.3) is 0 Å². The molecule has 2 aromatic carbocycles. The van der Waals surface area contributed by atoms with Crippen LogP contribution in [0.3, 0.4) is 0 Å². The lowest BCUT2D eigenvalue weighted by atomic mass is 9.86. The summed E-state index contributed by atoms with van der Waals surface area (Å²) in [5, 5.41) is 7.38. The zero-order chi connectivity index (χ0) is 15.6. The number of nitrogen functional groups attached to an aromatic ring is 1. The molecule has 0 saturated heterocycles. The molecular formula is C18H22N2O. The summed E-state index contributed by atoms with van der Waals surface area (Å²) in [6, 6.07) is 13.5. The number of benzene rings is 2. The molecule has 0 fully saturated rings. The number of hydrogen-bond donors (Lipinski definition) is 2. The molecule has 2 aromatic rings. The van der Waals surface area contributed by atoms with E-state index >= 15 is 0 Å². The van der Waals surface area contributed by atoms with Crippen LogP contribution in [-0.2, 0) is 5.41 Å². The number of ether oxygens (including phenoxy) is 1. The van der Waals surface area contributed by atoms with E-state index in [9.17, 15) is 0 Å². The first-order chi connectivity index (χ1) is 9.77. The monoisotopic (exact) mass is 282 g/mol. The Kier molecular flexibility index (Phi) is 4.03. The van der Waals surface area contributed by atoms with Crippen molar-refractivity contribution in [2.24, 2.45) is 5.73 Å². The Labute approximate surface area is 126 Å². The number of nitrogens with one attached hydrogen (secondary N) is 1. The Morgan fingerprint density at radius 2 is 1.67 bits per heavy atom. The van der Waals surface area contributed by atoms with Gasteiger partial charge in [-0.1, -0.05) is 32.9 Å². The van der Waals surface area contributed by atoms with E-state index < -0.39 is 0 Å². The van der Waals surface area contributed by atoms with Gasteiger partial charge < -0.3 is 10.5 Å². The zero-order valence-electron chi connectivity index (χ0n) is 13.0. The second-order valence-electron chi connectivity index (χ2n) is 6.27. The highest BCUT2D eigenvalue weighted by Crippen LogP contribution is 2.30. The van der Waals surface area contributed by atoms with Gasteiger partial charge in [0.15, 0.2) is 0 Å². The van der Waals surface area contributed by atoms with Crippen LogP contribution in [-0.4, -0.2) is 5.84 Å². The van der Waals surface area contributed by atoms with Gasteiger partial charge in [-0.05, 0) is 53.8 Å². The summed E-state index contributed by atoms with van der Waals surface area (Å²) in [5.41, 5.74) is 8.67. The van der Waals surface area contributed by atoms with Crippen LogP contribution in [0.2, 0.25) is 0 Å². The van der Waals surface area contributed by atoms with Crippen molar-refractivity contribution in [1.82, 2.24) is 0 Å². The van der Waals surface area contributed by atoms with Crippen LogP contribution in [0.4, 0.5) is 0 Å². The minimum Gasteiger partial charge on any atom is -0.457 e. The fraction of sp³-hybridized carbons (Fsp3) is 0.278. The Morgan fingerprint density at radius 1 is 1.05 bits per heavy atom. The molecule has 0 aliphatic carbocycles. The van der Waals surface area contributed by atoms with E-state index in [0.717, 1.165) is 17.1 Å². The Hall–Kier alpha value is -2.29. The molecule has 0 aliphatic rings. The average molecular weight is 282 g/mol. The van der Waals surface area contributed by atoms with E-state index in [-0.39, 0.29) is 11.3 Å². The van der Waals surface area contributed by atoms with E-state index in [1.165, 1.54) is 5.56 Å². The maximum absolute atomic E-state index is 7.38. The molecule has 0 aliphatic heterocycles. The molecule has 0 amide bonds. The number of nitrogens with two attached hydrogens (primary N) is 1. The van der Waals surface area contributed by atoms with Gasteiger partial charge in [-0.25, -0.2) is 0 Å². The molecule has 0 saturated carbocycles. The average Bonchev–Trinajstić information content (AvgIpc) is 2.40. The smallest absolute Gasteiger partial charge is 0.130 e. The lowest BCUT2D eigenvalue weighted by Gasteiger charge is -2.20. The summed E-state index contributed by atoms with van der Waals surface area (Å²) in [7, 11) is 0. The Bertz CT molecular complexity index is 652. The first-order valence-electron chi connectivity index (χ1n) is 7.01. The van der Waals surface area contributed by atoms with Crippen molar-refractivity contribution >= 4 is 5.84 Å². The molecular weight excluding hydrogens is 260 g/mol. The molecule has 0 unspecified atom stereocenters. The number of aryl methyl sites for hydroxylation is 1. The normalized spacial score (nSPS) is 11.2. The third-order valence-electron chi connectivity index (χ3n) is 3.43. The largest absolute Gasteiger partial charge is 0.457 e. The summed E-state index contributed by atoms with van der Waals surface area (Å²) in [6.45, 7) is 8.64. The minimum absolute atomic E-state index is 0.0623. The van der Waals surface area contributed by atoms with Gasteiger partial charge in [0.2, 0.25) is 0 Å². The molecule has 0 heterocycles. The number of hydrogen-bond acceptors (Lipinski definition) is 2. The highest BCUT2D eigenvalue weighted by Gasteiger charge is 2.14.